The van der Waals surface area contributed by atoms with E-state index in [1.165, 1.54) is 21.0 Å². The second kappa shape index (κ2) is 6.09. The zero-order valence-electron chi connectivity index (χ0n) is 13.5. The van der Waals surface area contributed by atoms with Crippen LogP contribution < -0.4 is 9.47 Å². The molecule has 0 spiro atoms. The number of rotatable bonds is 5. The molecule has 0 radical (unpaired) electrons. The largest absolute Gasteiger partial charge is 0.496 e. The normalized spacial score (nSPS) is 17.0. The van der Waals surface area contributed by atoms with Crippen LogP contribution in [-0.4, -0.2) is 20.3 Å². The highest BCUT2D eigenvalue weighted by Gasteiger charge is 2.40. The van der Waals surface area contributed by atoms with Crippen LogP contribution in [-0.2, 0) is 16.0 Å². The molecule has 0 aromatic heterocycles. The van der Waals surface area contributed by atoms with E-state index in [9.17, 15) is 9.18 Å². The average molecular weight is 307 g/mol. The smallest absolute Gasteiger partial charge is 0.235 e. The van der Waals surface area contributed by atoms with Crippen molar-refractivity contribution in [3.63, 3.8) is 0 Å². The Morgan fingerprint density at radius 2 is 1.77 bits per heavy atom. The van der Waals surface area contributed by atoms with Gasteiger partial charge in [-0.2, -0.15) is 4.99 Å². The van der Waals surface area contributed by atoms with Gasteiger partial charge < -0.3 is 9.47 Å². The average Bonchev–Trinajstić information content (AvgIpc) is 2.94. The van der Waals surface area contributed by atoms with E-state index in [1.54, 1.807) is 25.3 Å². The van der Waals surface area contributed by atoms with Crippen LogP contribution in [0.3, 0.4) is 0 Å². The quantitative estimate of drug-likeness (QED) is 0.610. The van der Waals surface area contributed by atoms with Crippen LogP contribution in [0.25, 0.3) is 0 Å². The summed E-state index contributed by atoms with van der Waals surface area (Å²) in [5.41, 5.74) is -1.08. The number of ether oxygens (including phenoxy) is 2. The summed E-state index contributed by atoms with van der Waals surface area (Å²) in [4.78, 5) is 15.0. The third-order valence-electron chi connectivity index (χ3n) is 4.35. The molecule has 4 nitrogen and oxygen atoms in total. The number of alkyl halides is 1. The highest BCUT2D eigenvalue weighted by molar-refractivity contribution is 5.53. The molecule has 1 fully saturated rings. The minimum absolute atomic E-state index is 0.427. The minimum atomic E-state index is -1.57. The van der Waals surface area contributed by atoms with Gasteiger partial charge in [-0.3, -0.25) is 0 Å². The molecule has 0 unspecified atom stereocenters. The predicted molar refractivity (Wildman–Crippen MR) is 81.9 cm³/mol. The molecule has 1 aromatic carbocycles. The van der Waals surface area contributed by atoms with E-state index < -0.39 is 11.2 Å². The number of aliphatic imine (C=N–C) groups is 1. The third-order valence-corrected chi connectivity index (χ3v) is 4.35. The van der Waals surface area contributed by atoms with Crippen LogP contribution in [0.1, 0.15) is 50.7 Å². The van der Waals surface area contributed by atoms with Gasteiger partial charge in [0.2, 0.25) is 6.08 Å². The first-order valence-corrected chi connectivity index (χ1v) is 7.43. The summed E-state index contributed by atoms with van der Waals surface area (Å²) in [6, 6.07) is 3.40. The molecule has 1 aliphatic rings. The summed E-state index contributed by atoms with van der Waals surface area (Å²) < 4.78 is 25.3. The van der Waals surface area contributed by atoms with Crippen molar-refractivity contribution in [2.45, 2.75) is 50.7 Å². The standard InChI is InChI=1S/C17H22FNO3/c1-16(2,18)12-9-13(15(22-4)10-14(12)21-3)17(19-11-20)7-5-6-8-17/h9-10H,5-8H2,1-4H3. The molecule has 0 saturated heterocycles. The number of halogens is 1. The van der Waals surface area contributed by atoms with Crippen molar-refractivity contribution in [1.82, 2.24) is 0 Å². The van der Waals surface area contributed by atoms with Gasteiger partial charge in [0, 0.05) is 17.2 Å². The first kappa shape index (κ1) is 16.5. The Morgan fingerprint density at radius 3 is 2.23 bits per heavy atom. The second-order valence-corrected chi connectivity index (χ2v) is 6.17. The van der Waals surface area contributed by atoms with Crippen molar-refractivity contribution in [2.24, 2.45) is 4.99 Å². The summed E-state index contributed by atoms with van der Waals surface area (Å²) >= 11 is 0. The Bertz CT molecular complexity index is 595. The molecule has 0 amide bonds. The maximum absolute atomic E-state index is 14.6. The number of benzene rings is 1. The molecule has 5 heteroatoms. The van der Waals surface area contributed by atoms with Gasteiger partial charge in [0.05, 0.1) is 14.2 Å². The summed E-state index contributed by atoms with van der Waals surface area (Å²) in [6.45, 7) is 2.96. The van der Waals surface area contributed by atoms with Crippen LogP contribution in [0.5, 0.6) is 11.5 Å². The lowest BCUT2D eigenvalue weighted by molar-refractivity contribution is 0.212. The Balaban J connectivity index is 2.71. The molecule has 1 aromatic rings. The molecule has 2 rings (SSSR count). The van der Waals surface area contributed by atoms with Crippen molar-refractivity contribution in [3.05, 3.63) is 23.3 Å². The van der Waals surface area contributed by atoms with Crippen molar-refractivity contribution in [3.8, 4) is 11.5 Å². The monoisotopic (exact) mass is 307 g/mol. The Morgan fingerprint density at radius 1 is 1.18 bits per heavy atom. The first-order chi connectivity index (χ1) is 10.4. The molecule has 120 valence electrons. The van der Waals surface area contributed by atoms with Crippen LogP contribution in [0, 0.1) is 0 Å². The molecule has 0 bridgehead atoms. The predicted octanol–water partition coefficient (Wildman–Crippen LogP) is 4.01. The Hall–Kier alpha value is -1.87. The summed E-state index contributed by atoms with van der Waals surface area (Å²) in [7, 11) is 3.05. The fraction of sp³-hybridized carbons (Fsp3) is 0.588. The van der Waals surface area contributed by atoms with Gasteiger partial charge in [-0.05, 0) is 32.8 Å². The van der Waals surface area contributed by atoms with E-state index in [-0.39, 0.29) is 0 Å². The number of hydrogen-bond donors (Lipinski definition) is 0. The van der Waals surface area contributed by atoms with Crippen molar-refractivity contribution >= 4 is 6.08 Å². The maximum Gasteiger partial charge on any atom is 0.235 e. The molecule has 0 atom stereocenters. The number of methoxy groups -OCH3 is 2. The first-order valence-electron chi connectivity index (χ1n) is 7.43. The van der Waals surface area contributed by atoms with Gasteiger partial charge in [0.15, 0.2) is 0 Å². The van der Waals surface area contributed by atoms with E-state index in [0.717, 1.165) is 31.2 Å². The Kier molecular flexibility index (Phi) is 4.57. The van der Waals surface area contributed by atoms with Gasteiger partial charge in [0.1, 0.15) is 22.7 Å². The van der Waals surface area contributed by atoms with E-state index >= 15 is 0 Å². The minimum Gasteiger partial charge on any atom is -0.496 e. The second-order valence-electron chi connectivity index (χ2n) is 6.17. The molecular weight excluding hydrogens is 285 g/mol. The molecule has 1 saturated carbocycles. The van der Waals surface area contributed by atoms with Crippen LogP contribution in [0.15, 0.2) is 17.1 Å². The van der Waals surface area contributed by atoms with Crippen LogP contribution >= 0.6 is 0 Å². The van der Waals surface area contributed by atoms with Gasteiger partial charge in [-0.25, -0.2) is 9.18 Å². The Labute approximate surface area is 130 Å². The van der Waals surface area contributed by atoms with Gasteiger partial charge in [-0.1, -0.05) is 12.8 Å². The molecule has 1 aliphatic carbocycles. The zero-order valence-corrected chi connectivity index (χ0v) is 13.5. The summed E-state index contributed by atoms with van der Waals surface area (Å²) in [5.74, 6) is 0.988. The highest BCUT2D eigenvalue weighted by Crippen LogP contribution is 2.48. The van der Waals surface area contributed by atoms with E-state index in [2.05, 4.69) is 4.99 Å². The van der Waals surface area contributed by atoms with Crippen LogP contribution in [0.4, 0.5) is 4.39 Å². The van der Waals surface area contributed by atoms with Crippen molar-refractivity contribution in [1.29, 1.82) is 0 Å². The molecule has 0 aliphatic heterocycles. The summed E-state index contributed by atoms with van der Waals surface area (Å²) in [5, 5.41) is 0. The van der Waals surface area contributed by atoms with Crippen LogP contribution in [0.2, 0.25) is 0 Å². The number of isocyanates is 1. The van der Waals surface area contributed by atoms with E-state index in [1.807, 2.05) is 0 Å². The third kappa shape index (κ3) is 2.86. The van der Waals surface area contributed by atoms with Crippen molar-refractivity contribution in [2.75, 3.05) is 14.2 Å². The molecule has 22 heavy (non-hydrogen) atoms. The number of nitrogens with zero attached hydrogens (tertiary/aromatic N) is 1. The van der Waals surface area contributed by atoms with Crippen molar-refractivity contribution < 1.29 is 18.7 Å². The van der Waals surface area contributed by atoms with E-state index in [4.69, 9.17) is 9.47 Å². The lowest BCUT2D eigenvalue weighted by Crippen LogP contribution is -2.22. The maximum atomic E-state index is 14.6. The summed E-state index contributed by atoms with van der Waals surface area (Å²) in [6.07, 6.45) is 5.08. The molecule has 0 N–H and O–H groups in total. The lowest BCUT2D eigenvalue weighted by atomic mass is 9.84. The topological polar surface area (TPSA) is 47.9 Å². The zero-order chi connectivity index (χ0) is 16.4. The number of carbonyl (C=O) groups excluding carboxylic acids is 1. The SMILES string of the molecule is COc1cc(OC)c(C2(N=C=O)CCCC2)cc1C(C)(C)F. The number of hydrogen-bond acceptors (Lipinski definition) is 4. The molecule has 0 heterocycles. The van der Waals surface area contributed by atoms with E-state index in [0.29, 0.717) is 17.1 Å². The fourth-order valence-electron chi connectivity index (χ4n) is 3.22. The highest BCUT2D eigenvalue weighted by atomic mass is 19.1. The fourth-order valence-corrected chi connectivity index (χ4v) is 3.22. The van der Waals surface area contributed by atoms with Gasteiger partial charge >= 0.3 is 0 Å². The van der Waals surface area contributed by atoms with Gasteiger partial charge in [-0.15, -0.1) is 0 Å². The molecular formula is C17H22FNO3. The van der Waals surface area contributed by atoms with Gasteiger partial charge in [0.25, 0.3) is 0 Å². The lowest BCUT2D eigenvalue weighted by Gasteiger charge is -2.28.